The highest BCUT2D eigenvalue weighted by Gasteiger charge is 2.11. The Balaban J connectivity index is 2.05. The Kier molecular flexibility index (Phi) is 5.60. The largest absolute Gasteiger partial charge is 0.355 e. The highest BCUT2D eigenvalue weighted by Crippen LogP contribution is 2.22. The summed E-state index contributed by atoms with van der Waals surface area (Å²) in [5, 5.41) is 11.7. The maximum absolute atomic E-state index is 11.8. The molecule has 6 heteroatoms. The SMILES string of the molecule is Cc1ccc(-n2cnnc2SCC(=O)NCC(C)C)c(C)c1. The zero-order valence-corrected chi connectivity index (χ0v) is 14.3. The first kappa shape index (κ1) is 16.5. The number of thioether (sulfide) groups is 1. The Morgan fingerprint density at radius 3 is 2.82 bits per heavy atom. The van der Waals surface area contributed by atoms with Crippen LogP contribution in [0.1, 0.15) is 25.0 Å². The Labute approximate surface area is 135 Å². The molecular weight excluding hydrogens is 296 g/mol. The summed E-state index contributed by atoms with van der Waals surface area (Å²) < 4.78 is 1.93. The Bertz CT molecular complexity index is 651. The first-order chi connectivity index (χ1) is 10.5. The van der Waals surface area contributed by atoms with Crippen LogP contribution in [0.15, 0.2) is 29.7 Å². The molecule has 0 aliphatic carbocycles. The molecule has 0 spiro atoms. The smallest absolute Gasteiger partial charge is 0.230 e. The van der Waals surface area contributed by atoms with E-state index in [9.17, 15) is 4.79 Å². The molecule has 1 aromatic heterocycles. The predicted molar refractivity (Wildman–Crippen MR) is 89.4 cm³/mol. The van der Waals surface area contributed by atoms with Gasteiger partial charge in [0.2, 0.25) is 5.91 Å². The molecule has 1 N–H and O–H groups in total. The minimum atomic E-state index is 0.0221. The quantitative estimate of drug-likeness (QED) is 0.832. The van der Waals surface area contributed by atoms with Gasteiger partial charge >= 0.3 is 0 Å². The highest BCUT2D eigenvalue weighted by atomic mass is 32.2. The summed E-state index contributed by atoms with van der Waals surface area (Å²) in [6, 6.07) is 6.24. The van der Waals surface area contributed by atoms with Crippen LogP contribution in [0.5, 0.6) is 0 Å². The fourth-order valence-corrected chi connectivity index (χ4v) is 2.81. The number of hydrogen-bond acceptors (Lipinski definition) is 4. The van der Waals surface area contributed by atoms with Gasteiger partial charge in [0.05, 0.1) is 11.4 Å². The van der Waals surface area contributed by atoms with Crippen LogP contribution in [0.25, 0.3) is 5.69 Å². The summed E-state index contributed by atoms with van der Waals surface area (Å²) in [7, 11) is 0. The number of rotatable bonds is 6. The van der Waals surface area contributed by atoms with Crippen molar-refractivity contribution in [3.05, 3.63) is 35.7 Å². The number of carbonyl (C=O) groups is 1. The summed E-state index contributed by atoms with van der Waals surface area (Å²) in [5.41, 5.74) is 3.42. The number of amides is 1. The standard InChI is InChI=1S/C16H22N4OS/c1-11(2)8-17-15(21)9-22-16-19-18-10-20(16)14-6-5-12(3)7-13(14)4/h5-7,10-11H,8-9H2,1-4H3,(H,17,21). The molecule has 1 heterocycles. The van der Waals surface area contributed by atoms with Crippen LogP contribution in [-0.4, -0.2) is 33.0 Å². The van der Waals surface area contributed by atoms with Gasteiger partial charge in [-0.15, -0.1) is 10.2 Å². The second kappa shape index (κ2) is 7.45. The molecule has 0 saturated heterocycles. The third-order valence-electron chi connectivity index (χ3n) is 3.17. The fourth-order valence-electron chi connectivity index (χ4n) is 2.06. The van der Waals surface area contributed by atoms with Crippen LogP contribution in [0, 0.1) is 19.8 Å². The number of nitrogens with zero attached hydrogens (tertiary/aromatic N) is 3. The summed E-state index contributed by atoms with van der Waals surface area (Å²) in [6.07, 6.45) is 1.69. The Morgan fingerprint density at radius 2 is 2.14 bits per heavy atom. The first-order valence-corrected chi connectivity index (χ1v) is 8.33. The molecule has 0 fully saturated rings. The molecule has 1 amide bonds. The molecule has 22 heavy (non-hydrogen) atoms. The highest BCUT2D eigenvalue weighted by molar-refractivity contribution is 7.99. The van der Waals surface area contributed by atoms with Crippen molar-refractivity contribution in [1.29, 1.82) is 0 Å². The van der Waals surface area contributed by atoms with Gasteiger partial charge in [-0.2, -0.15) is 0 Å². The molecule has 2 aromatic rings. The Morgan fingerprint density at radius 1 is 1.36 bits per heavy atom. The van der Waals surface area contributed by atoms with E-state index in [-0.39, 0.29) is 5.91 Å². The van der Waals surface area contributed by atoms with Gasteiger partial charge in [0.1, 0.15) is 6.33 Å². The van der Waals surface area contributed by atoms with E-state index in [0.717, 1.165) is 16.4 Å². The molecule has 0 atom stereocenters. The van der Waals surface area contributed by atoms with Crippen LogP contribution in [0.2, 0.25) is 0 Å². The molecule has 0 bridgehead atoms. The molecule has 5 nitrogen and oxygen atoms in total. The summed E-state index contributed by atoms with van der Waals surface area (Å²) >= 11 is 1.40. The van der Waals surface area contributed by atoms with Crippen molar-refractivity contribution in [2.24, 2.45) is 5.92 Å². The van der Waals surface area contributed by atoms with Gasteiger partial charge < -0.3 is 5.32 Å². The monoisotopic (exact) mass is 318 g/mol. The third kappa shape index (κ3) is 4.34. The van der Waals surface area contributed by atoms with E-state index in [1.165, 1.54) is 17.3 Å². The van der Waals surface area contributed by atoms with Crippen molar-refractivity contribution in [2.45, 2.75) is 32.9 Å². The van der Waals surface area contributed by atoms with Crippen LogP contribution in [-0.2, 0) is 4.79 Å². The summed E-state index contributed by atoms with van der Waals surface area (Å²) in [4.78, 5) is 11.8. The molecule has 0 radical (unpaired) electrons. The van der Waals surface area contributed by atoms with Crippen molar-refractivity contribution in [3.8, 4) is 5.69 Å². The first-order valence-electron chi connectivity index (χ1n) is 7.34. The predicted octanol–water partition coefficient (Wildman–Crippen LogP) is 2.75. The second-order valence-electron chi connectivity index (χ2n) is 5.76. The van der Waals surface area contributed by atoms with E-state index in [2.05, 4.69) is 61.4 Å². The van der Waals surface area contributed by atoms with Crippen molar-refractivity contribution in [3.63, 3.8) is 0 Å². The van der Waals surface area contributed by atoms with Crippen molar-refractivity contribution in [2.75, 3.05) is 12.3 Å². The van der Waals surface area contributed by atoms with E-state index >= 15 is 0 Å². The molecule has 2 rings (SSSR count). The maximum atomic E-state index is 11.8. The second-order valence-corrected chi connectivity index (χ2v) is 6.70. The minimum Gasteiger partial charge on any atom is -0.355 e. The minimum absolute atomic E-state index is 0.0221. The number of nitrogens with one attached hydrogen (secondary N) is 1. The lowest BCUT2D eigenvalue weighted by molar-refractivity contribution is -0.118. The van der Waals surface area contributed by atoms with E-state index in [1.807, 2.05) is 4.57 Å². The topological polar surface area (TPSA) is 59.8 Å². The molecule has 1 aromatic carbocycles. The number of aromatic nitrogens is 3. The van der Waals surface area contributed by atoms with E-state index in [4.69, 9.17) is 0 Å². The average Bonchev–Trinajstić information content (AvgIpc) is 2.91. The normalized spacial score (nSPS) is 11.0. The van der Waals surface area contributed by atoms with Gasteiger partial charge in [-0.3, -0.25) is 9.36 Å². The molecular formula is C16H22N4OS. The number of aryl methyl sites for hydroxylation is 2. The van der Waals surface area contributed by atoms with Gasteiger partial charge in [-0.05, 0) is 31.4 Å². The van der Waals surface area contributed by atoms with Crippen LogP contribution in [0.4, 0.5) is 0 Å². The lowest BCUT2D eigenvalue weighted by atomic mass is 10.1. The van der Waals surface area contributed by atoms with Gasteiger partial charge in [-0.1, -0.05) is 43.3 Å². The molecule has 0 saturated carbocycles. The third-order valence-corrected chi connectivity index (χ3v) is 4.11. The maximum Gasteiger partial charge on any atom is 0.230 e. The van der Waals surface area contributed by atoms with E-state index in [1.54, 1.807) is 6.33 Å². The lowest BCUT2D eigenvalue weighted by Crippen LogP contribution is -2.28. The van der Waals surface area contributed by atoms with Crippen LogP contribution < -0.4 is 5.32 Å². The lowest BCUT2D eigenvalue weighted by Gasteiger charge is -2.10. The molecule has 118 valence electrons. The number of carbonyl (C=O) groups excluding carboxylic acids is 1. The number of hydrogen-bond donors (Lipinski definition) is 1. The van der Waals surface area contributed by atoms with Crippen molar-refractivity contribution < 1.29 is 4.79 Å². The zero-order chi connectivity index (χ0) is 16.1. The molecule has 0 unspecified atom stereocenters. The van der Waals surface area contributed by atoms with Crippen LogP contribution >= 0.6 is 11.8 Å². The number of benzene rings is 1. The summed E-state index contributed by atoms with van der Waals surface area (Å²) in [6.45, 7) is 8.97. The van der Waals surface area contributed by atoms with Gasteiger partial charge in [0, 0.05) is 6.54 Å². The van der Waals surface area contributed by atoms with Crippen LogP contribution in [0.3, 0.4) is 0 Å². The van der Waals surface area contributed by atoms with Gasteiger partial charge in [0.25, 0.3) is 0 Å². The van der Waals surface area contributed by atoms with Gasteiger partial charge in [-0.25, -0.2) is 0 Å². The zero-order valence-electron chi connectivity index (χ0n) is 13.5. The van der Waals surface area contributed by atoms with E-state index in [0.29, 0.717) is 18.2 Å². The van der Waals surface area contributed by atoms with Crippen molar-refractivity contribution in [1.82, 2.24) is 20.1 Å². The molecule has 0 aliphatic rings. The summed E-state index contributed by atoms with van der Waals surface area (Å²) in [5.74, 6) is 0.817. The van der Waals surface area contributed by atoms with Gasteiger partial charge in [0.15, 0.2) is 5.16 Å². The van der Waals surface area contributed by atoms with Crippen molar-refractivity contribution >= 4 is 17.7 Å². The molecule has 0 aliphatic heterocycles. The van der Waals surface area contributed by atoms with E-state index < -0.39 is 0 Å². The average molecular weight is 318 g/mol. The fraction of sp³-hybridized carbons (Fsp3) is 0.438. The Hall–Kier alpha value is -1.82.